The number of aliphatic hydroxyl groups excluding tert-OH is 1. The highest BCUT2D eigenvalue weighted by molar-refractivity contribution is 6.46. The maximum atomic E-state index is 13.5. The van der Waals surface area contributed by atoms with E-state index in [2.05, 4.69) is 4.90 Å². The Balaban J connectivity index is 2.21. The first kappa shape index (κ1) is 26.0. The van der Waals surface area contributed by atoms with Gasteiger partial charge in [-0.15, -0.1) is 0 Å². The van der Waals surface area contributed by atoms with E-state index in [1.807, 2.05) is 13.8 Å². The summed E-state index contributed by atoms with van der Waals surface area (Å²) >= 11 is 0. The number of hydrogen-bond acceptors (Lipinski definition) is 7. The van der Waals surface area contributed by atoms with Gasteiger partial charge in [0.25, 0.3) is 11.7 Å². The number of ether oxygens (including phenoxy) is 3. The highest BCUT2D eigenvalue weighted by Crippen LogP contribution is 2.45. The molecule has 188 valence electrons. The monoisotopic (exact) mass is 486 g/mol. The van der Waals surface area contributed by atoms with Gasteiger partial charge in [-0.25, -0.2) is 4.39 Å². The van der Waals surface area contributed by atoms with E-state index in [1.54, 1.807) is 12.1 Å². The van der Waals surface area contributed by atoms with Crippen molar-refractivity contribution < 1.29 is 33.3 Å². The molecule has 2 aromatic rings. The van der Waals surface area contributed by atoms with Crippen molar-refractivity contribution in [3.63, 3.8) is 0 Å². The summed E-state index contributed by atoms with van der Waals surface area (Å²) in [4.78, 5) is 30.0. The Hall–Kier alpha value is -3.59. The number of Topliss-reactive ketones (excluding diaryl/α,β-unsaturated/α-hetero) is 1. The number of hydrogen-bond donors (Lipinski definition) is 1. The summed E-state index contributed by atoms with van der Waals surface area (Å²) < 4.78 is 29.8. The Morgan fingerprint density at radius 2 is 1.57 bits per heavy atom. The van der Waals surface area contributed by atoms with Crippen molar-refractivity contribution in [3.8, 4) is 17.2 Å². The highest BCUT2D eigenvalue weighted by Gasteiger charge is 2.46. The topological polar surface area (TPSA) is 88.5 Å². The van der Waals surface area contributed by atoms with Gasteiger partial charge in [0.15, 0.2) is 11.5 Å². The molecule has 1 amide bonds. The fraction of sp³-hybridized carbons (Fsp3) is 0.385. The number of ketones is 1. The standard InChI is InChI=1S/C26H31FN2O6/c1-6-28(7-2)12-13-29-22(17-14-19(33-3)25(35-5)20(15-17)34-4)21(24(31)26(29)32)23(30)16-8-10-18(27)11-9-16/h8-11,14-15,22,30H,6-7,12-13H2,1-5H3. The van der Waals surface area contributed by atoms with Gasteiger partial charge in [-0.2, -0.15) is 0 Å². The molecule has 0 radical (unpaired) electrons. The van der Waals surface area contributed by atoms with Gasteiger partial charge >= 0.3 is 0 Å². The van der Waals surface area contributed by atoms with Crippen molar-refractivity contribution >= 4 is 17.4 Å². The summed E-state index contributed by atoms with van der Waals surface area (Å²) in [6.45, 7) is 6.40. The quantitative estimate of drug-likeness (QED) is 0.312. The van der Waals surface area contributed by atoms with Crippen molar-refractivity contribution in [1.82, 2.24) is 9.80 Å². The van der Waals surface area contributed by atoms with Crippen LogP contribution in [0.25, 0.3) is 5.76 Å². The van der Waals surface area contributed by atoms with Gasteiger partial charge < -0.3 is 29.1 Å². The van der Waals surface area contributed by atoms with Gasteiger partial charge in [0, 0.05) is 18.7 Å². The first-order valence-corrected chi connectivity index (χ1v) is 11.4. The van der Waals surface area contributed by atoms with E-state index in [1.165, 1.54) is 50.5 Å². The number of halogens is 1. The van der Waals surface area contributed by atoms with Crippen LogP contribution in [0.2, 0.25) is 0 Å². The van der Waals surface area contributed by atoms with Crippen LogP contribution in [0.15, 0.2) is 42.0 Å². The zero-order chi connectivity index (χ0) is 25.7. The zero-order valence-electron chi connectivity index (χ0n) is 20.6. The Bertz CT molecular complexity index is 1090. The number of carbonyl (C=O) groups is 2. The Morgan fingerprint density at radius 1 is 1.00 bits per heavy atom. The second kappa shape index (κ2) is 11.2. The molecule has 35 heavy (non-hydrogen) atoms. The lowest BCUT2D eigenvalue weighted by atomic mass is 9.94. The van der Waals surface area contributed by atoms with E-state index in [0.29, 0.717) is 29.4 Å². The smallest absolute Gasteiger partial charge is 0.295 e. The van der Waals surface area contributed by atoms with Crippen molar-refractivity contribution in [2.75, 3.05) is 47.5 Å². The second-order valence-electron chi connectivity index (χ2n) is 7.98. The molecule has 1 N–H and O–H groups in total. The highest BCUT2D eigenvalue weighted by atomic mass is 19.1. The number of likely N-dealkylation sites (N-methyl/N-ethyl adjacent to an activating group) is 1. The molecule has 0 saturated carbocycles. The molecule has 3 rings (SSSR count). The van der Waals surface area contributed by atoms with Crippen molar-refractivity contribution in [2.24, 2.45) is 0 Å². The molecule has 1 fully saturated rings. The van der Waals surface area contributed by atoms with Gasteiger partial charge in [-0.1, -0.05) is 13.8 Å². The minimum absolute atomic E-state index is 0.0876. The van der Waals surface area contributed by atoms with Crippen LogP contribution in [0.5, 0.6) is 17.2 Å². The van der Waals surface area contributed by atoms with E-state index >= 15 is 0 Å². The van der Waals surface area contributed by atoms with Crippen LogP contribution < -0.4 is 14.2 Å². The number of aliphatic hydroxyl groups is 1. The van der Waals surface area contributed by atoms with Crippen molar-refractivity contribution in [1.29, 1.82) is 0 Å². The molecule has 0 aromatic heterocycles. The third-order valence-corrected chi connectivity index (χ3v) is 6.21. The average molecular weight is 487 g/mol. The molecular formula is C26H31FN2O6. The molecule has 1 unspecified atom stereocenters. The fourth-order valence-electron chi connectivity index (χ4n) is 4.27. The average Bonchev–Trinajstić information content (AvgIpc) is 3.13. The lowest BCUT2D eigenvalue weighted by Gasteiger charge is -2.29. The maximum absolute atomic E-state index is 13.5. The normalized spacial score (nSPS) is 17.2. The van der Waals surface area contributed by atoms with Crippen LogP contribution >= 0.6 is 0 Å². The molecule has 1 aliphatic heterocycles. The van der Waals surface area contributed by atoms with Crippen LogP contribution in [0.4, 0.5) is 4.39 Å². The van der Waals surface area contributed by atoms with Gasteiger partial charge in [-0.05, 0) is 55.1 Å². The van der Waals surface area contributed by atoms with Crippen LogP contribution in [0.3, 0.4) is 0 Å². The second-order valence-corrected chi connectivity index (χ2v) is 7.98. The van der Waals surface area contributed by atoms with Gasteiger partial charge in [0.05, 0.1) is 32.9 Å². The minimum atomic E-state index is -0.913. The molecule has 2 aromatic carbocycles. The molecule has 0 spiro atoms. The number of benzene rings is 2. The predicted molar refractivity (Wildman–Crippen MR) is 129 cm³/mol. The van der Waals surface area contributed by atoms with Crippen LogP contribution in [-0.2, 0) is 9.59 Å². The van der Waals surface area contributed by atoms with Gasteiger partial charge in [0.2, 0.25) is 5.75 Å². The summed E-state index contributed by atoms with van der Waals surface area (Å²) in [6.07, 6.45) is 0. The lowest BCUT2D eigenvalue weighted by Crippen LogP contribution is -2.38. The first-order valence-electron chi connectivity index (χ1n) is 11.4. The Morgan fingerprint density at radius 3 is 2.06 bits per heavy atom. The number of amides is 1. The van der Waals surface area contributed by atoms with E-state index < -0.39 is 23.5 Å². The van der Waals surface area contributed by atoms with Gasteiger partial charge in [0.1, 0.15) is 11.6 Å². The fourth-order valence-corrected chi connectivity index (χ4v) is 4.27. The molecule has 1 atom stereocenters. The number of rotatable bonds is 10. The summed E-state index contributed by atoms with van der Waals surface area (Å²) in [5.41, 5.74) is 0.642. The molecule has 0 aliphatic carbocycles. The number of methoxy groups -OCH3 is 3. The Labute approximate surface area is 204 Å². The van der Waals surface area contributed by atoms with Crippen LogP contribution in [0, 0.1) is 5.82 Å². The maximum Gasteiger partial charge on any atom is 0.295 e. The van der Waals surface area contributed by atoms with Crippen molar-refractivity contribution in [2.45, 2.75) is 19.9 Å². The van der Waals surface area contributed by atoms with E-state index in [9.17, 15) is 19.1 Å². The Kier molecular flexibility index (Phi) is 8.34. The van der Waals surface area contributed by atoms with E-state index in [-0.39, 0.29) is 23.4 Å². The van der Waals surface area contributed by atoms with Gasteiger partial charge in [-0.3, -0.25) is 9.59 Å². The third kappa shape index (κ3) is 5.09. The first-order chi connectivity index (χ1) is 16.8. The predicted octanol–water partition coefficient (Wildman–Crippen LogP) is 3.62. The third-order valence-electron chi connectivity index (χ3n) is 6.21. The van der Waals surface area contributed by atoms with Crippen LogP contribution in [0.1, 0.15) is 31.0 Å². The molecule has 1 saturated heterocycles. The zero-order valence-corrected chi connectivity index (χ0v) is 20.6. The molecule has 0 bridgehead atoms. The number of carbonyl (C=O) groups excluding carboxylic acids is 2. The molecule has 1 aliphatic rings. The summed E-state index contributed by atoms with van der Waals surface area (Å²) in [7, 11) is 4.42. The van der Waals surface area contributed by atoms with E-state index in [0.717, 1.165) is 13.1 Å². The number of likely N-dealkylation sites (tertiary alicyclic amines) is 1. The molecule has 9 heteroatoms. The molecule has 1 heterocycles. The molecular weight excluding hydrogens is 455 g/mol. The summed E-state index contributed by atoms with van der Waals surface area (Å²) in [5, 5.41) is 11.1. The lowest BCUT2D eigenvalue weighted by molar-refractivity contribution is -0.140. The minimum Gasteiger partial charge on any atom is -0.507 e. The summed E-state index contributed by atoms with van der Waals surface area (Å²) in [6, 6.07) is 7.48. The summed E-state index contributed by atoms with van der Waals surface area (Å²) in [5.74, 6) is -1.35. The number of nitrogens with zero attached hydrogens (tertiary/aromatic N) is 2. The van der Waals surface area contributed by atoms with Crippen LogP contribution in [-0.4, -0.2) is 74.1 Å². The largest absolute Gasteiger partial charge is 0.507 e. The van der Waals surface area contributed by atoms with E-state index in [4.69, 9.17) is 14.2 Å². The molecule has 8 nitrogen and oxygen atoms in total. The van der Waals surface area contributed by atoms with Crippen molar-refractivity contribution in [3.05, 3.63) is 58.9 Å². The SMILES string of the molecule is CCN(CC)CCN1C(=O)C(=O)C(=C(O)c2ccc(F)cc2)C1c1cc(OC)c(OC)c(OC)c1.